The number of nitrogens with one attached hydrogen (secondary N) is 3. The van der Waals surface area contributed by atoms with Crippen LogP contribution in [0.25, 0.3) is 10.8 Å². The molecule has 1 aromatic heterocycles. The molecular weight excluding hydrogens is 458 g/mol. The number of hydrogen-bond acceptors (Lipinski definition) is 3. The van der Waals surface area contributed by atoms with Gasteiger partial charge in [0, 0.05) is 18.7 Å². The van der Waals surface area contributed by atoms with E-state index in [0.29, 0.717) is 24.2 Å². The first-order chi connectivity index (χ1) is 18.2. The molecule has 3 N–H and O–H groups in total. The average Bonchev–Trinajstić information content (AvgIpc) is 2.94. The van der Waals surface area contributed by atoms with E-state index in [9.17, 15) is 4.79 Å². The van der Waals surface area contributed by atoms with Gasteiger partial charge in [-0.15, -0.1) is 0 Å². The number of nitrogens with zero attached hydrogens (tertiary/aromatic N) is 2. The zero-order chi connectivity index (χ0) is 25.3. The number of guanidine groups is 1. The summed E-state index contributed by atoms with van der Waals surface area (Å²) >= 11 is 0. The van der Waals surface area contributed by atoms with Crippen molar-refractivity contribution in [1.82, 2.24) is 15.6 Å². The SMILES string of the molecule is O=C(Nc1cccnc1)[C@@H](Cc1ccc2ccccc2c1)NC(=NC1CCCCC1)NC1CCCCC1. The van der Waals surface area contributed by atoms with Crippen molar-refractivity contribution in [2.75, 3.05) is 5.32 Å². The first-order valence-corrected chi connectivity index (χ1v) is 14.0. The zero-order valence-corrected chi connectivity index (χ0v) is 21.7. The molecule has 2 aliphatic rings. The van der Waals surface area contributed by atoms with Crippen LogP contribution in [0.2, 0.25) is 0 Å². The van der Waals surface area contributed by atoms with Crippen molar-refractivity contribution in [3.05, 3.63) is 72.6 Å². The van der Waals surface area contributed by atoms with Gasteiger partial charge in [-0.1, -0.05) is 81.0 Å². The minimum atomic E-state index is -0.472. The number of rotatable bonds is 7. The Labute approximate surface area is 220 Å². The average molecular weight is 498 g/mol. The molecule has 2 aromatic carbocycles. The fourth-order valence-electron chi connectivity index (χ4n) is 5.59. The number of amides is 1. The second kappa shape index (κ2) is 12.7. The summed E-state index contributed by atoms with van der Waals surface area (Å²) in [5.41, 5.74) is 1.82. The van der Waals surface area contributed by atoms with E-state index in [1.54, 1.807) is 12.4 Å². The maximum absolute atomic E-state index is 13.6. The third-order valence-electron chi connectivity index (χ3n) is 7.64. The predicted molar refractivity (Wildman–Crippen MR) is 152 cm³/mol. The van der Waals surface area contributed by atoms with Crippen LogP contribution in [0, 0.1) is 0 Å². The summed E-state index contributed by atoms with van der Waals surface area (Å²) in [6.45, 7) is 0. The number of carbonyl (C=O) groups excluding carboxylic acids is 1. The quantitative estimate of drug-likeness (QED) is 0.277. The van der Waals surface area contributed by atoms with Gasteiger partial charge in [-0.05, 0) is 54.2 Å². The Kier molecular flexibility index (Phi) is 8.67. The molecule has 2 aliphatic carbocycles. The highest BCUT2D eigenvalue weighted by Gasteiger charge is 2.24. The monoisotopic (exact) mass is 497 g/mol. The summed E-state index contributed by atoms with van der Waals surface area (Å²) < 4.78 is 0. The largest absolute Gasteiger partial charge is 0.354 e. The topological polar surface area (TPSA) is 78.4 Å². The van der Waals surface area contributed by atoms with Gasteiger partial charge in [0.15, 0.2) is 5.96 Å². The number of carbonyl (C=O) groups is 1. The van der Waals surface area contributed by atoms with E-state index >= 15 is 0 Å². The Morgan fingerprint density at radius 1 is 0.892 bits per heavy atom. The number of aliphatic imine (C=N–C) groups is 1. The van der Waals surface area contributed by atoms with E-state index in [1.165, 1.54) is 49.3 Å². The molecule has 2 fully saturated rings. The van der Waals surface area contributed by atoms with Crippen LogP contribution in [0.15, 0.2) is 72.0 Å². The van der Waals surface area contributed by atoms with Gasteiger partial charge in [-0.3, -0.25) is 9.78 Å². The van der Waals surface area contributed by atoms with E-state index in [4.69, 9.17) is 4.99 Å². The molecule has 0 radical (unpaired) electrons. The van der Waals surface area contributed by atoms with Gasteiger partial charge in [-0.2, -0.15) is 0 Å². The fourth-order valence-corrected chi connectivity index (χ4v) is 5.59. The normalized spacial score (nSPS) is 18.3. The van der Waals surface area contributed by atoms with Crippen LogP contribution >= 0.6 is 0 Å². The van der Waals surface area contributed by atoms with E-state index < -0.39 is 6.04 Å². The Bertz CT molecular complexity index is 1180. The number of pyridine rings is 1. The summed E-state index contributed by atoms with van der Waals surface area (Å²) in [5, 5.41) is 12.7. The minimum Gasteiger partial charge on any atom is -0.354 e. The van der Waals surface area contributed by atoms with Crippen LogP contribution in [-0.2, 0) is 11.2 Å². The van der Waals surface area contributed by atoms with Crippen molar-refractivity contribution in [3.8, 4) is 0 Å². The standard InChI is InChI=1S/C31H39N5O/c37-30(33-28-16-9-19-32-22-28)29(21-23-17-18-24-10-7-8-11-25(24)20-23)36-31(34-26-12-3-1-4-13-26)35-27-14-5-2-6-15-27/h7-11,16-20,22,26-27,29H,1-6,12-15,21H2,(H,33,37)(H2,34,35,36)/t29-/m1/s1. The molecule has 194 valence electrons. The molecule has 0 saturated heterocycles. The van der Waals surface area contributed by atoms with Crippen molar-refractivity contribution in [2.24, 2.45) is 4.99 Å². The molecule has 6 heteroatoms. The van der Waals surface area contributed by atoms with E-state index in [2.05, 4.69) is 63.4 Å². The lowest BCUT2D eigenvalue weighted by Gasteiger charge is -2.29. The Morgan fingerprint density at radius 3 is 2.41 bits per heavy atom. The number of aromatic nitrogens is 1. The Balaban J connectivity index is 1.40. The van der Waals surface area contributed by atoms with Gasteiger partial charge >= 0.3 is 0 Å². The van der Waals surface area contributed by atoms with Crippen molar-refractivity contribution in [3.63, 3.8) is 0 Å². The summed E-state index contributed by atoms with van der Waals surface area (Å²) in [5.74, 6) is 0.703. The van der Waals surface area contributed by atoms with Gasteiger partial charge in [0.25, 0.3) is 0 Å². The van der Waals surface area contributed by atoms with Crippen molar-refractivity contribution in [1.29, 1.82) is 0 Å². The molecule has 1 amide bonds. The second-order valence-corrected chi connectivity index (χ2v) is 10.6. The third kappa shape index (κ3) is 7.31. The van der Waals surface area contributed by atoms with Gasteiger partial charge in [0.2, 0.25) is 5.91 Å². The highest BCUT2D eigenvalue weighted by atomic mass is 16.2. The summed E-state index contributed by atoms with van der Waals surface area (Å²) in [6.07, 6.45) is 16.1. The molecule has 2 saturated carbocycles. The zero-order valence-electron chi connectivity index (χ0n) is 21.7. The number of anilines is 1. The molecular formula is C31H39N5O. The number of benzene rings is 2. The predicted octanol–water partition coefficient (Wildman–Crippen LogP) is 5.99. The summed E-state index contributed by atoms with van der Waals surface area (Å²) in [4.78, 5) is 22.9. The van der Waals surface area contributed by atoms with Crippen LogP contribution in [0.1, 0.15) is 69.8 Å². The number of hydrogen-bond donors (Lipinski definition) is 3. The fraction of sp³-hybridized carbons (Fsp3) is 0.452. The van der Waals surface area contributed by atoms with Crippen LogP contribution in [0.4, 0.5) is 5.69 Å². The van der Waals surface area contributed by atoms with Crippen LogP contribution < -0.4 is 16.0 Å². The van der Waals surface area contributed by atoms with Gasteiger partial charge < -0.3 is 16.0 Å². The Hall–Kier alpha value is -3.41. The molecule has 37 heavy (non-hydrogen) atoms. The lowest BCUT2D eigenvalue weighted by molar-refractivity contribution is -0.117. The third-order valence-corrected chi connectivity index (χ3v) is 7.64. The molecule has 0 spiro atoms. The Morgan fingerprint density at radius 2 is 1.65 bits per heavy atom. The first kappa shape index (κ1) is 25.2. The molecule has 0 bridgehead atoms. The van der Waals surface area contributed by atoms with Gasteiger partial charge in [0.1, 0.15) is 6.04 Å². The first-order valence-electron chi connectivity index (χ1n) is 14.0. The summed E-state index contributed by atoms with van der Waals surface area (Å²) in [6, 6.07) is 18.8. The molecule has 0 unspecified atom stereocenters. The molecule has 5 rings (SSSR count). The molecule has 0 aliphatic heterocycles. The van der Waals surface area contributed by atoms with Crippen LogP contribution in [0.5, 0.6) is 0 Å². The lowest BCUT2D eigenvalue weighted by atomic mass is 9.95. The lowest BCUT2D eigenvalue weighted by Crippen LogP contribution is -2.53. The molecule has 1 atom stereocenters. The van der Waals surface area contributed by atoms with Gasteiger partial charge in [0.05, 0.1) is 17.9 Å². The van der Waals surface area contributed by atoms with Crippen molar-refractivity contribution < 1.29 is 4.79 Å². The smallest absolute Gasteiger partial charge is 0.247 e. The number of fused-ring (bicyclic) bond motifs is 1. The van der Waals surface area contributed by atoms with E-state index in [0.717, 1.165) is 37.2 Å². The molecule has 6 nitrogen and oxygen atoms in total. The minimum absolute atomic E-state index is 0.0806. The molecule has 3 aromatic rings. The van der Waals surface area contributed by atoms with Crippen molar-refractivity contribution in [2.45, 2.75) is 88.8 Å². The van der Waals surface area contributed by atoms with E-state index in [1.807, 2.05) is 12.1 Å². The highest BCUT2D eigenvalue weighted by Crippen LogP contribution is 2.22. The highest BCUT2D eigenvalue weighted by molar-refractivity contribution is 5.98. The van der Waals surface area contributed by atoms with Crippen LogP contribution in [-0.4, -0.2) is 35.0 Å². The molecule has 1 heterocycles. The maximum Gasteiger partial charge on any atom is 0.247 e. The van der Waals surface area contributed by atoms with Crippen molar-refractivity contribution >= 4 is 28.3 Å². The summed E-state index contributed by atoms with van der Waals surface area (Å²) in [7, 11) is 0. The second-order valence-electron chi connectivity index (χ2n) is 10.6. The van der Waals surface area contributed by atoms with Gasteiger partial charge in [-0.25, -0.2) is 4.99 Å². The van der Waals surface area contributed by atoms with E-state index in [-0.39, 0.29) is 5.91 Å². The maximum atomic E-state index is 13.6. The van der Waals surface area contributed by atoms with Crippen LogP contribution in [0.3, 0.4) is 0 Å².